The number of aliphatic imine (C=N–C) groups is 1. The molecular weight excluding hydrogens is 417 g/mol. The maximum atomic E-state index is 5.86. The maximum absolute atomic E-state index is 5.86. The summed E-state index contributed by atoms with van der Waals surface area (Å²) in [7, 11) is 1.80. The molecule has 0 spiro atoms. The Balaban J connectivity index is 0.00000288. The lowest BCUT2D eigenvalue weighted by Gasteiger charge is -2.22. The zero-order valence-corrected chi connectivity index (χ0v) is 16.8. The first kappa shape index (κ1) is 21.2. The summed E-state index contributed by atoms with van der Waals surface area (Å²) in [6, 6.07) is 10.5. The third-order valence-electron chi connectivity index (χ3n) is 3.91. The lowest BCUT2D eigenvalue weighted by molar-refractivity contribution is -0.0320. The zero-order chi connectivity index (χ0) is 16.2. The second-order valence-corrected chi connectivity index (χ2v) is 5.70. The number of hydrogen-bond acceptors (Lipinski definition) is 3. The fourth-order valence-corrected chi connectivity index (χ4v) is 2.56. The first-order valence-corrected chi connectivity index (χ1v) is 8.56. The van der Waals surface area contributed by atoms with Crippen LogP contribution in [0.1, 0.15) is 24.8 Å². The van der Waals surface area contributed by atoms with E-state index in [2.05, 4.69) is 39.9 Å². The normalized spacial score (nSPS) is 15.6. The molecule has 2 N–H and O–H groups in total. The van der Waals surface area contributed by atoms with Gasteiger partial charge in [0.05, 0.1) is 6.10 Å². The van der Waals surface area contributed by atoms with Crippen LogP contribution in [0.3, 0.4) is 0 Å². The fourth-order valence-electron chi connectivity index (χ4n) is 2.56. The first-order chi connectivity index (χ1) is 11.4. The minimum Gasteiger partial charge on any atom is -0.381 e. The fraction of sp³-hybridized carbons (Fsp3) is 0.611. The van der Waals surface area contributed by atoms with E-state index in [9.17, 15) is 0 Å². The summed E-state index contributed by atoms with van der Waals surface area (Å²) in [4.78, 5) is 4.24. The van der Waals surface area contributed by atoms with E-state index in [-0.39, 0.29) is 24.0 Å². The molecule has 6 heteroatoms. The summed E-state index contributed by atoms with van der Waals surface area (Å²) in [5.41, 5.74) is 1.33. The SMILES string of the molecule is CN=C(NCCCOC1CCOCC1)NCCc1ccccc1.I. The predicted molar refractivity (Wildman–Crippen MR) is 109 cm³/mol. The van der Waals surface area contributed by atoms with Crippen molar-refractivity contribution in [2.45, 2.75) is 31.8 Å². The van der Waals surface area contributed by atoms with Gasteiger partial charge in [-0.05, 0) is 31.2 Å². The van der Waals surface area contributed by atoms with E-state index in [1.165, 1.54) is 5.56 Å². The lowest BCUT2D eigenvalue weighted by atomic mass is 10.1. The number of ether oxygens (including phenoxy) is 2. The largest absolute Gasteiger partial charge is 0.381 e. The average molecular weight is 447 g/mol. The van der Waals surface area contributed by atoms with E-state index in [1.54, 1.807) is 7.05 Å². The Morgan fingerprint density at radius 1 is 1.17 bits per heavy atom. The Hall–Kier alpha value is -0.860. The quantitative estimate of drug-likeness (QED) is 0.279. The molecule has 1 fully saturated rings. The van der Waals surface area contributed by atoms with Gasteiger partial charge >= 0.3 is 0 Å². The van der Waals surface area contributed by atoms with Gasteiger partial charge in [-0.1, -0.05) is 30.3 Å². The summed E-state index contributed by atoms with van der Waals surface area (Å²) in [6.07, 6.45) is 4.41. The van der Waals surface area contributed by atoms with Gasteiger partial charge in [-0.15, -0.1) is 24.0 Å². The molecule has 1 saturated heterocycles. The van der Waals surface area contributed by atoms with E-state index in [0.717, 1.165) is 64.6 Å². The van der Waals surface area contributed by atoms with Crippen molar-refractivity contribution in [1.82, 2.24) is 10.6 Å². The van der Waals surface area contributed by atoms with Gasteiger partial charge in [-0.3, -0.25) is 4.99 Å². The molecule has 0 atom stereocenters. The minimum atomic E-state index is 0. The topological polar surface area (TPSA) is 54.9 Å². The van der Waals surface area contributed by atoms with E-state index in [4.69, 9.17) is 9.47 Å². The highest BCUT2D eigenvalue weighted by Crippen LogP contribution is 2.10. The van der Waals surface area contributed by atoms with Gasteiger partial charge in [0.1, 0.15) is 0 Å². The molecule has 136 valence electrons. The van der Waals surface area contributed by atoms with Crippen LogP contribution >= 0.6 is 24.0 Å². The van der Waals surface area contributed by atoms with Crippen LogP contribution in [-0.2, 0) is 15.9 Å². The highest BCUT2D eigenvalue weighted by molar-refractivity contribution is 14.0. The van der Waals surface area contributed by atoms with Crippen molar-refractivity contribution < 1.29 is 9.47 Å². The number of guanidine groups is 1. The molecule has 0 amide bonds. The Kier molecular flexibility index (Phi) is 11.9. The van der Waals surface area contributed by atoms with E-state index >= 15 is 0 Å². The third-order valence-corrected chi connectivity index (χ3v) is 3.91. The second kappa shape index (κ2) is 13.4. The van der Waals surface area contributed by atoms with Crippen molar-refractivity contribution in [3.05, 3.63) is 35.9 Å². The van der Waals surface area contributed by atoms with Crippen LogP contribution in [-0.4, -0.2) is 52.0 Å². The summed E-state index contributed by atoms with van der Waals surface area (Å²) < 4.78 is 11.2. The molecule has 5 nitrogen and oxygen atoms in total. The van der Waals surface area contributed by atoms with Gasteiger partial charge in [-0.2, -0.15) is 0 Å². The zero-order valence-electron chi connectivity index (χ0n) is 14.5. The molecule has 24 heavy (non-hydrogen) atoms. The molecule has 1 heterocycles. The van der Waals surface area contributed by atoms with Crippen LogP contribution < -0.4 is 10.6 Å². The Morgan fingerprint density at radius 3 is 2.58 bits per heavy atom. The van der Waals surface area contributed by atoms with E-state index in [0.29, 0.717) is 6.10 Å². The molecule has 0 aliphatic carbocycles. The Morgan fingerprint density at radius 2 is 1.88 bits per heavy atom. The Bertz CT molecular complexity index is 451. The van der Waals surface area contributed by atoms with E-state index < -0.39 is 0 Å². The van der Waals surface area contributed by atoms with Gasteiger partial charge < -0.3 is 20.1 Å². The van der Waals surface area contributed by atoms with Crippen LogP contribution in [0.15, 0.2) is 35.3 Å². The van der Waals surface area contributed by atoms with Gasteiger partial charge in [0.15, 0.2) is 5.96 Å². The number of benzene rings is 1. The standard InChI is InChI=1S/C18H29N3O2.HI/c1-19-18(21-12-8-16-6-3-2-4-7-16)20-11-5-13-23-17-9-14-22-15-10-17;/h2-4,6-7,17H,5,8-15H2,1H3,(H2,19,20,21);1H. The lowest BCUT2D eigenvalue weighted by Crippen LogP contribution is -2.39. The molecule has 2 rings (SSSR count). The molecule has 1 aromatic carbocycles. The molecule has 1 aromatic rings. The van der Waals surface area contributed by atoms with Gasteiger partial charge in [0.2, 0.25) is 0 Å². The summed E-state index contributed by atoms with van der Waals surface area (Å²) in [5, 5.41) is 6.67. The van der Waals surface area contributed by atoms with Crippen molar-refractivity contribution in [1.29, 1.82) is 0 Å². The Labute approximate surface area is 162 Å². The highest BCUT2D eigenvalue weighted by atomic mass is 127. The van der Waals surface area contributed by atoms with Crippen LogP contribution in [0.25, 0.3) is 0 Å². The first-order valence-electron chi connectivity index (χ1n) is 8.56. The summed E-state index contributed by atoms with van der Waals surface area (Å²) >= 11 is 0. The van der Waals surface area contributed by atoms with Crippen LogP contribution in [0.4, 0.5) is 0 Å². The maximum Gasteiger partial charge on any atom is 0.190 e. The van der Waals surface area contributed by atoms with Crippen molar-refractivity contribution in [2.75, 3.05) is 40.0 Å². The van der Waals surface area contributed by atoms with Crippen LogP contribution in [0.2, 0.25) is 0 Å². The molecule has 0 radical (unpaired) electrons. The number of nitrogens with one attached hydrogen (secondary N) is 2. The molecule has 0 bridgehead atoms. The highest BCUT2D eigenvalue weighted by Gasteiger charge is 2.13. The molecule has 0 saturated carbocycles. The average Bonchev–Trinajstić information content (AvgIpc) is 2.61. The van der Waals surface area contributed by atoms with Crippen LogP contribution in [0.5, 0.6) is 0 Å². The molecule has 1 aliphatic heterocycles. The number of nitrogens with zero attached hydrogens (tertiary/aromatic N) is 1. The van der Waals surface area contributed by atoms with E-state index in [1.807, 2.05) is 6.07 Å². The summed E-state index contributed by atoms with van der Waals surface area (Å²) in [5.74, 6) is 0.854. The molecule has 0 unspecified atom stereocenters. The van der Waals surface area contributed by atoms with Gasteiger partial charge in [-0.25, -0.2) is 0 Å². The smallest absolute Gasteiger partial charge is 0.190 e. The number of hydrogen-bond donors (Lipinski definition) is 2. The molecular formula is C18H30IN3O2. The van der Waals surface area contributed by atoms with Crippen molar-refractivity contribution in [2.24, 2.45) is 4.99 Å². The molecule has 1 aliphatic rings. The van der Waals surface area contributed by atoms with Crippen molar-refractivity contribution in [3.8, 4) is 0 Å². The number of halogens is 1. The van der Waals surface area contributed by atoms with Crippen molar-refractivity contribution >= 4 is 29.9 Å². The predicted octanol–water partition coefficient (Wildman–Crippen LogP) is 2.60. The monoisotopic (exact) mass is 447 g/mol. The summed E-state index contributed by atoms with van der Waals surface area (Å²) in [6.45, 7) is 4.21. The third kappa shape index (κ3) is 8.84. The van der Waals surface area contributed by atoms with Crippen LogP contribution in [0, 0.1) is 0 Å². The van der Waals surface area contributed by atoms with Crippen molar-refractivity contribution in [3.63, 3.8) is 0 Å². The number of rotatable bonds is 8. The van der Waals surface area contributed by atoms with Gasteiger partial charge in [0, 0.05) is 40.0 Å². The van der Waals surface area contributed by atoms with Gasteiger partial charge in [0.25, 0.3) is 0 Å². The molecule has 0 aromatic heterocycles. The minimum absolute atomic E-state index is 0. The second-order valence-electron chi connectivity index (χ2n) is 5.70.